The molecule has 0 bridgehead atoms. The fourth-order valence-corrected chi connectivity index (χ4v) is 3.28. The Morgan fingerprint density at radius 2 is 1.82 bits per heavy atom. The first-order valence-electron chi connectivity index (χ1n) is 8.04. The summed E-state index contributed by atoms with van der Waals surface area (Å²) < 4.78 is 5.26. The number of nitrogens with one attached hydrogen (secondary N) is 1. The normalized spacial score (nSPS) is 32.5. The standard InChI is InChI=1S/C14H25BN2O5/c16-10-3-1-9(2-4-10)7-13(18)17-12-6-5-11(8-14(19)20)22-15(12)21/h9-12,21H,1-8,16H2,(H,17,18)(H,19,20)/t9?,10?,11-,12-/m0/s1. The fraction of sp³-hybridized carbons (Fsp3) is 0.857. The number of rotatable bonds is 5. The molecule has 0 spiro atoms. The van der Waals surface area contributed by atoms with Crippen LogP contribution < -0.4 is 11.1 Å². The predicted octanol–water partition coefficient (Wildman–Crippen LogP) is 0.0522. The van der Waals surface area contributed by atoms with Gasteiger partial charge in [0.25, 0.3) is 0 Å². The van der Waals surface area contributed by atoms with Crippen LogP contribution in [-0.2, 0) is 14.2 Å². The van der Waals surface area contributed by atoms with E-state index in [-0.39, 0.29) is 18.4 Å². The Hall–Kier alpha value is -1.12. The minimum Gasteiger partial charge on any atom is -0.481 e. The minimum absolute atomic E-state index is 0.0789. The average Bonchev–Trinajstić information content (AvgIpc) is 2.44. The van der Waals surface area contributed by atoms with Gasteiger partial charge in [0.05, 0.1) is 18.5 Å². The van der Waals surface area contributed by atoms with Crippen LogP contribution in [0.5, 0.6) is 0 Å². The van der Waals surface area contributed by atoms with Crippen molar-refractivity contribution >= 4 is 19.0 Å². The quantitative estimate of drug-likeness (QED) is 0.532. The molecule has 7 nitrogen and oxygen atoms in total. The lowest BCUT2D eigenvalue weighted by atomic mass is 9.72. The predicted molar refractivity (Wildman–Crippen MR) is 80.8 cm³/mol. The highest BCUT2D eigenvalue weighted by atomic mass is 16.5. The Morgan fingerprint density at radius 3 is 2.41 bits per heavy atom. The highest BCUT2D eigenvalue weighted by Crippen LogP contribution is 2.26. The molecule has 0 unspecified atom stereocenters. The van der Waals surface area contributed by atoms with Crippen LogP contribution in [0.15, 0.2) is 0 Å². The number of carboxylic acids is 1. The molecule has 1 saturated heterocycles. The van der Waals surface area contributed by atoms with Crippen molar-refractivity contribution in [1.29, 1.82) is 0 Å². The maximum Gasteiger partial charge on any atom is 0.478 e. The number of amides is 1. The Bertz CT molecular complexity index is 401. The van der Waals surface area contributed by atoms with Gasteiger partial charge in [0, 0.05) is 12.5 Å². The summed E-state index contributed by atoms with van der Waals surface area (Å²) in [6, 6.07) is 0.263. The molecule has 1 aliphatic heterocycles. The zero-order valence-corrected chi connectivity index (χ0v) is 12.7. The van der Waals surface area contributed by atoms with Gasteiger partial charge in [-0.2, -0.15) is 0 Å². The molecule has 2 atom stereocenters. The van der Waals surface area contributed by atoms with Crippen LogP contribution in [-0.4, -0.2) is 47.2 Å². The van der Waals surface area contributed by atoms with E-state index in [2.05, 4.69) is 5.32 Å². The summed E-state index contributed by atoms with van der Waals surface area (Å²) in [6.45, 7) is 0. The molecule has 1 aliphatic carbocycles. The van der Waals surface area contributed by atoms with Gasteiger partial charge in [-0.3, -0.25) is 9.59 Å². The van der Waals surface area contributed by atoms with E-state index in [0.29, 0.717) is 25.2 Å². The van der Waals surface area contributed by atoms with E-state index in [1.165, 1.54) is 0 Å². The first kappa shape index (κ1) is 17.2. The lowest BCUT2D eigenvalue weighted by Gasteiger charge is -2.31. The van der Waals surface area contributed by atoms with Crippen LogP contribution in [0.2, 0.25) is 0 Å². The molecule has 8 heteroatoms. The molecule has 0 aromatic heterocycles. The Morgan fingerprint density at radius 1 is 1.14 bits per heavy atom. The van der Waals surface area contributed by atoms with Crippen LogP contribution in [0.1, 0.15) is 51.4 Å². The summed E-state index contributed by atoms with van der Waals surface area (Å²) >= 11 is 0. The lowest BCUT2D eigenvalue weighted by Crippen LogP contribution is -2.53. The number of carboxylic acid groups (broad SMARTS) is 1. The van der Waals surface area contributed by atoms with Crippen molar-refractivity contribution < 1.29 is 24.4 Å². The highest BCUT2D eigenvalue weighted by Gasteiger charge is 2.37. The minimum atomic E-state index is -1.14. The van der Waals surface area contributed by atoms with E-state index in [9.17, 15) is 14.6 Å². The molecule has 2 fully saturated rings. The van der Waals surface area contributed by atoms with E-state index >= 15 is 0 Å². The van der Waals surface area contributed by atoms with Crippen LogP contribution >= 0.6 is 0 Å². The first-order chi connectivity index (χ1) is 10.4. The van der Waals surface area contributed by atoms with Crippen molar-refractivity contribution in [3.63, 3.8) is 0 Å². The van der Waals surface area contributed by atoms with E-state index in [4.69, 9.17) is 15.5 Å². The van der Waals surface area contributed by atoms with Crippen molar-refractivity contribution in [2.75, 3.05) is 0 Å². The molecule has 2 aliphatic rings. The molecule has 0 radical (unpaired) electrons. The third kappa shape index (κ3) is 5.26. The molecule has 1 amide bonds. The number of aliphatic carboxylic acids is 1. The molecular weight excluding hydrogens is 287 g/mol. The molecule has 0 aromatic rings. The summed E-state index contributed by atoms with van der Waals surface area (Å²) in [7, 11) is -1.14. The van der Waals surface area contributed by atoms with Crippen molar-refractivity contribution in [1.82, 2.24) is 5.32 Å². The second-order valence-corrected chi connectivity index (χ2v) is 6.48. The van der Waals surface area contributed by atoms with Crippen LogP contribution in [0.25, 0.3) is 0 Å². The van der Waals surface area contributed by atoms with Gasteiger partial charge in [0.2, 0.25) is 5.91 Å². The van der Waals surface area contributed by atoms with Crippen LogP contribution in [0, 0.1) is 5.92 Å². The van der Waals surface area contributed by atoms with Crippen molar-refractivity contribution in [3.8, 4) is 0 Å². The Kier molecular flexibility index (Phi) is 6.22. The van der Waals surface area contributed by atoms with Gasteiger partial charge in [-0.05, 0) is 44.4 Å². The van der Waals surface area contributed by atoms with Gasteiger partial charge in [-0.1, -0.05) is 0 Å². The number of hydrogen-bond donors (Lipinski definition) is 4. The number of carbonyl (C=O) groups is 2. The van der Waals surface area contributed by atoms with Crippen LogP contribution in [0.3, 0.4) is 0 Å². The van der Waals surface area contributed by atoms with Gasteiger partial charge in [0.15, 0.2) is 0 Å². The fourth-order valence-electron chi connectivity index (χ4n) is 3.28. The van der Waals surface area contributed by atoms with Gasteiger partial charge < -0.3 is 25.8 Å². The smallest absolute Gasteiger partial charge is 0.478 e. The largest absolute Gasteiger partial charge is 0.481 e. The second-order valence-electron chi connectivity index (χ2n) is 6.48. The van der Waals surface area contributed by atoms with E-state index < -0.39 is 25.1 Å². The zero-order valence-electron chi connectivity index (χ0n) is 12.7. The van der Waals surface area contributed by atoms with Crippen LogP contribution in [0.4, 0.5) is 0 Å². The van der Waals surface area contributed by atoms with Gasteiger partial charge in [-0.25, -0.2) is 0 Å². The molecule has 0 aromatic carbocycles. The summed E-state index contributed by atoms with van der Waals surface area (Å²) in [5, 5.41) is 21.4. The monoisotopic (exact) mass is 312 g/mol. The van der Waals surface area contributed by atoms with Gasteiger partial charge >= 0.3 is 13.1 Å². The summed E-state index contributed by atoms with van der Waals surface area (Å²) in [6.07, 6.45) is 4.76. The molecule has 5 N–H and O–H groups in total. The summed E-state index contributed by atoms with van der Waals surface area (Å²) in [5.74, 6) is -1.12. The molecule has 2 rings (SSSR count). The Balaban J connectivity index is 1.72. The van der Waals surface area contributed by atoms with E-state index in [0.717, 1.165) is 25.7 Å². The first-order valence-corrected chi connectivity index (χ1v) is 8.04. The van der Waals surface area contributed by atoms with Crippen molar-refractivity contribution in [2.24, 2.45) is 11.7 Å². The average molecular weight is 312 g/mol. The zero-order chi connectivity index (χ0) is 16.1. The third-order valence-electron chi connectivity index (χ3n) is 4.59. The molecule has 1 saturated carbocycles. The van der Waals surface area contributed by atoms with Gasteiger partial charge in [-0.15, -0.1) is 0 Å². The second kappa shape index (κ2) is 7.94. The highest BCUT2D eigenvalue weighted by molar-refractivity contribution is 6.45. The van der Waals surface area contributed by atoms with E-state index in [1.54, 1.807) is 0 Å². The van der Waals surface area contributed by atoms with Crippen molar-refractivity contribution in [2.45, 2.75) is 69.5 Å². The van der Waals surface area contributed by atoms with Crippen molar-refractivity contribution in [3.05, 3.63) is 0 Å². The maximum atomic E-state index is 12.1. The third-order valence-corrected chi connectivity index (χ3v) is 4.59. The number of carbonyl (C=O) groups excluding carboxylic acids is 1. The van der Waals surface area contributed by atoms with E-state index in [1.807, 2.05) is 0 Å². The molecule has 124 valence electrons. The SMILES string of the molecule is NC1CCC(CC(=O)N[C@H]2CC[C@@H](CC(=O)O)OB2O)CC1. The molecule has 1 heterocycles. The molecular formula is C14H25BN2O5. The summed E-state index contributed by atoms with van der Waals surface area (Å²) in [4.78, 5) is 22.7. The summed E-state index contributed by atoms with van der Waals surface area (Å²) in [5.41, 5.74) is 5.85. The van der Waals surface area contributed by atoms with Gasteiger partial charge in [0.1, 0.15) is 0 Å². The topological polar surface area (TPSA) is 122 Å². The maximum absolute atomic E-state index is 12.1. The number of nitrogens with two attached hydrogens (primary N) is 1. The number of hydrogen-bond acceptors (Lipinski definition) is 5. The lowest BCUT2D eigenvalue weighted by molar-refractivity contribution is -0.139. The Labute approximate surface area is 130 Å². The molecule has 22 heavy (non-hydrogen) atoms.